The number of aromatic nitrogens is 1. The standard InChI is InChI=1S/C27H18Cl2N2O4S/c1-13-10-16-11-15(4-9-20(16)35-13)24(32)22-23(14-2-5-17(28)6-3-14)31(26(34)25(22)33)27-30-19-8-7-18(29)12-21(19)36-27/h2-9,11-13,23,32H,10H2,1H3/b24-22+/t13-,23+/m0/s1. The van der Waals surface area contributed by atoms with Gasteiger partial charge in [-0.25, -0.2) is 4.98 Å². The number of carbonyl (C=O) groups is 2. The maximum atomic E-state index is 13.4. The van der Waals surface area contributed by atoms with Crippen molar-refractivity contribution in [2.24, 2.45) is 0 Å². The molecule has 9 heteroatoms. The Morgan fingerprint density at radius 1 is 1.06 bits per heavy atom. The molecule has 3 aromatic carbocycles. The van der Waals surface area contributed by atoms with E-state index in [9.17, 15) is 14.7 Å². The van der Waals surface area contributed by atoms with E-state index in [2.05, 4.69) is 4.98 Å². The molecule has 1 saturated heterocycles. The van der Waals surface area contributed by atoms with Crippen LogP contribution in [0.15, 0.2) is 66.2 Å². The van der Waals surface area contributed by atoms with Crippen molar-refractivity contribution >= 4 is 67.3 Å². The minimum absolute atomic E-state index is 0.00785. The number of ketones is 1. The van der Waals surface area contributed by atoms with Crippen LogP contribution >= 0.6 is 34.5 Å². The van der Waals surface area contributed by atoms with Gasteiger partial charge in [-0.05, 0) is 66.6 Å². The summed E-state index contributed by atoms with van der Waals surface area (Å²) in [5.41, 5.74) is 2.65. The second-order valence-electron chi connectivity index (χ2n) is 8.78. The number of amides is 1. The molecule has 1 N–H and O–H groups in total. The van der Waals surface area contributed by atoms with Gasteiger partial charge in [-0.1, -0.05) is 46.7 Å². The zero-order valence-corrected chi connectivity index (χ0v) is 21.2. The molecule has 0 aliphatic carbocycles. The van der Waals surface area contributed by atoms with Crippen LogP contribution in [0, 0.1) is 0 Å². The third kappa shape index (κ3) is 3.75. The summed E-state index contributed by atoms with van der Waals surface area (Å²) in [6.07, 6.45) is 0.726. The molecular formula is C27H18Cl2N2O4S. The number of fused-ring (bicyclic) bond motifs is 2. The lowest BCUT2D eigenvalue weighted by Gasteiger charge is -2.23. The second-order valence-corrected chi connectivity index (χ2v) is 10.7. The molecule has 1 aromatic heterocycles. The van der Waals surface area contributed by atoms with Crippen LogP contribution in [-0.2, 0) is 16.0 Å². The number of Topliss-reactive ketones (excluding diaryl/α,β-unsaturated/α-hetero) is 1. The predicted octanol–water partition coefficient (Wildman–Crippen LogP) is 6.55. The molecule has 1 amide bonds. The molecule has 4 aromatic rings. The first kappa shape index (κ1) is 23.0. The molecule has 0 bridgehead atoms. The highest BCUT2D eigenvalue weighted by molar-refractivity contribution is 7.22. The van der Waals surface area contributed by atoms with Crippen LogP contribution in [0.2, 0.25) is 10.0 Å². The summed E-state index contributed by atoms with van der Waals surface area (Å²) in [5.74, 6) is -1.04. The van der Waals surface area contributed by atoms with Gasteiger partial charge in [0.05, 0.1) is 21.8 Å². The average molecular weight is 537 g/mol. The fourth-order valence-corrected chi connectivity index (χ4v) is 6.10. The fraction of sp³-hybridized carbons (Fsp3) is 0.148. The number of ether oxygens (including phenoxy) is 1. The van der Waals surface area contributed by atoms with Crippen LogP contribution in [0.3, 0.4) is 0 Å². The van der Waals surface area contributed by atoms with E-state index in [0.717, 1.165) is 16.0 Å². The lowest BCUT2D eigenvalue weighted by Crippen LogP contribution is -2.29. The molecule has 6 rings (SSSR count). The fourth-order valence-electron chi connectivity index (χ4n) is 4.70. The number of anilines is 1. The van der Waals surface area contributed by atoms with Gasteiger partial charge in [0.25, 0.3) is 5.78 Å². The average Bonchev–Trinajstić information content (AvgIpc) is 3.51. The Kier molecular flexibility index (Phi) is 5.52. The second kappa shape index (κ2) is 8.62. The highest BCUT2D eigenvalue weighted by Gasteiger charge is 2.48. The SMILES string of the molecule is C[C@H]1Cc2cc(/C(O)=C3\C(=O)C(=O)N(c4nc5ccc(Cl)cc5s4)[C@@H]3c3ccc(Cl)cc3)ccc2O1. The number of halogens is 2. The largest absolute Gasteiger partial charge is 0.507 e. The van der Waals surface area contributed by atoms with Gasteiger partial charge in [0.2, 0.25) is 0 Å². The summed E-state index contributed by atoms with van der Waals surface area (Å²) in [6.45, 7) is 1.97. The van der Waals surface area contributed by atoms with Crippen LogP contribution in [-0.4, -0.2) is 27.9 Å². The number of aliphatic hydroxyl groups excluding tert-OH is 1. The summed E-state index contributed by atoms with van der Waals surface area (Å²) < 4.78 is 6.54. The van der Waals surface area contributed by atoms with Gasteiger partial charge in [0, 0.05) is 22.0 Å². The van der Waals surface area contributed by atoms with Crippen molar-refractivity contribution in [3.8, 4) is 5.75 Å². The zero-order valence-electron chi connectivity index (χ0n) is 18.9. The molecule has 0 saturated carbocycles. The monoisotopic (exact) mass is 536 g/mol. The van der Waals surface area contributed by atoms with E-state index < -0.39 is 17.7 Å². The lowest BCUT2D eigenvalue weighted by atomic mass is 9.94. The van der Waals surface area contributed by atoms with E-state index in [1.807, 2.05) is 6.92 Å². The first-order chi connectivity index (χ1) is 17.3. The Labute approximate surface area is 220 Å². The van der Waals surface area contributed by atoms with Gasteiger partial charge in [0.1, 0.15) is 17.6 Å². The maximum absolute atomic E-state index is 13.4. The van der Waals surface area contributed by atoms with Crippen molar-refractivity contribution in [3.05, 3.63) is 93.0 Å². The highest BCUT2D eigenvalue weighted by atomic mass is 35.5. The van der Waals surface area contributed by atoms with Gasteiger partial charge in [-0.15, -0.1) is 0 Å². The first-order valence-corrected chi connectivity index (χ1v) is 12.8. The number of benzene rings is 3. The third-order valence-electron chi connectivity index (χ3n) is 6.34. The lowest BCUT2D eigenvalue weighted by molar-refractivity contribution is -0.132. The minimum atomic E-state index is -0.887. The number of carbonyl (C=O) groups excluding carboxylic acids is 2. The maximum Gasteiger partial charge on any atom is 0.301 e. The van der Waals surface area contributed by atoms with Crippen LogP contribution in [0.5, 0.6) is 5.75 Å². The van der Waals surface area contributed by atoms with Crippen molar-refractivity contribution in [2.75, 3.05) is 4.90 Å². The summed E-state index contributed by atoms with van der Waals surface area (Å²) in [7, 11) is 0. The number of hydrogen-bond acceptors (Lipinski definition) is 6. The van der Waals surface area contributed by atoms with E-state index >= 15 is 0 Å². The van der Waals surface area contributed by atoms with Crippen LogP contribution in [0.4, 0.5) is 5.13 Å². The minimum Gasteiger partial charge on any atom is -0.507 e. The Morgan fingerprint density at radius 3 is 2.58 bits per heavy atom. The zero-order chi connectivity index (χ0) is 25.1. The first-order valence-electron chi connectivity index (χ1n) is 11.2. The Hall–Kier alpha value is -3.39. The van der Waals surface area contributed by atoms with Gasteiger partial charge in [-0.2, -0.15) is 0 Å². The van der Waals surface area contributed by atoms with Gasteiger partial charge in [0.15, 0.2) is 5.13 Å². The molecule has 0 spiro atoms. The van der Waals surface area contributed by atoms with Gasteiger partial charge in [-0.3, -0.25) is 14.5 Å². The normalized spacial score (nSPS) is 20.7. The van der Waals surface area contributed by atoms with E-state index in [4.69, 9.17) is 27.9 Å². The van der Waals surface area contributed by atoms with E-state index in [1.54, 1.807) is 60.7 Å². The quantitative estimate of drug-likeness (QED) is 0.182. The van der Waals surface area contributed by atoms with Gasteiger partial charge >= 0.3 is 5.91 Å². The molecule has 1 fully saturated rings. The van der Waals surface area contributed by atoms with Crippen molar-refractivity contribution in [2.45, 2.75) is 25.5 Å². The van der Waals surface area contributed by atoms with Crippen molar-refractivity contribution in [1.29, 1.82) is 0 Å². The molecule has 0 radical (unpaired) electrons. The van der Waals surface area contributed by atoms with Crippen molar-refractivity contribution in [1.82, 2.24) is 4.98 Å². The molecule has 0 unspecified atom stereocenters. The van der Waals surface area contributed by atoms with Crippen molar-refractivity contribution < 1.29 is 19.4 Å². The topological polar surface area (TPSA) is 79.7 Å². The van der Waals surface area contributed by atoms with Gasteiger partial charge < -0.3 is 9.84 Å². The van der Waals surface area contributed by atoms with Crippen molar-refractivity contribution in [3.63, 3.8) is 0 Å². The molecular weight excluding hydrogens is 519 g/mol. The molecule has 2 aliphatic rings. The van der Waals surface area contributed by atoms with E-state index in [-0.39, 0.29) is 17.4 Å². The predicted molar refractivity (Wildman–Crippen MR) is 141 cm³/mol. The summed E-state index contributed by atoms with van der Waals surface area (Å²) >= 11 is 13.5. The van der Waals surface area contributed by atoms with Crippen LogP contribution in [0.25, 0.3) is 16.0 Å². The van der Waals surface area contributed by atoms with Crippen LogP contribution < -0.4 is 9.64 Å². The number of rotatable bonds is 3. The molecule has 6 nitrogen and oxygen atoms in total. The molecule has 180 valence electrons. The van der Waals surface area contributed by atoms with E-state index in [1.165, 1.54) is 16.2 Å². The Balaban J connectivity index is 1.53. The Bertz CT molecular complexity index is 1600. The third-order valence-corrected chi connectivity index (χ3v) is 7.85. The highest BCUT2D eigenvalue weighted by Crippen LogP contribution is 2.45. The molecule has 3 heterocycles. The number of aliphatic hydroxyl groups is 1. The van der Waals surface area contributed by atoms with Crippen LogP contribution in [0.1, 0.15) is 29.7 Å². The van der Waals surface area contributed by atoms with E-state index in [0.29, 0.717) is 38.2 Å². The molecule has 2 atom stereocenters. The Morgan fingerprint density at radius 2 is 1.81 bits per heavy atom. The molecule has 36 heavy (non-hydrogen) atoms. The summed E-state index contributed by atoms with van der Waals surface area (Å²) in [6, 6.07) is 16.5. The summed E-state index contributed by atoms with van der Waals surface area (Å²) in [5, 5.41) is 12.8. The number of thiazole rings is 1. The molecule has 2 aliphatic heterocycles. The smallest absolute Gasteiger partial charge is 0.301 e. The summed E-state index contributed by atoms with van der Waals surface area (Å²) in [4.78, 5) is 32.8. The number of hydrogen-bond donors (Lipinski definition) is 1. The number of nitrogens with zero attached hydrogens (tertiary/aromatic N) is 2.